The molecule has 1 aromatic heterocycles. The first-order valence-corrected chi connectivity index (χ1v) is 12.0. The maximum Gasteiger partial charge on any atom is 0.338 e. The predicted octanol–water partition coefficient (Wildman–Crippen LogP) is 4.60. The Morgan fingerprint density at radius 2 is 1.88 bits per heavy atom. The molecule has 0 saturated heterocycles. The van der Waals surface area contributed by atoms with Crippen molar-refractivity contribution in [1.29, 1.82) is 0 Å². The summed E-state index contributed by atoms with van der Waals surface area (Å²) in [5.74, 6) is -0.423. The van der Waals surface area contributed by atoms with Gasteiger partial charge in [0.15, 0.2) is 0 Å². The Morgan fingerprint density at radius 3 is 2.71 bits per heavy atom. The number of fused-ring (bicyclic) bond motifs is 1. The number of para-hydroxylation sites is 1. The number of carbonyl (C=O) groups excluding carboxylic acids is 2. The van der Waals surface area contributed by atoms with Crippen LogP contribution >= 0.6 is 0 Å². The van der Waals surface area contributed by atoms with Gasteiger partial charge < -0.3 is 19.8 Å². The van der Waals surface area contributed by atoms with Gasteiger partial charge >= 0.3 is 11.9 Å². The Bertz CT molecular complexity index is 1150. The van der Waals surface area contributed by atoms with Crippen molar-refractivity contribution < 1.29 is 19.1 Å². The quantitative estimate of drug-likeness (QED) is 0.360. The molecule has 2 N–H and O–H groups in total. The molecule has 1 aliphatic rings. The van der Waals surface area contributed by atoms with E-state index in [-0.39, 0.29) is 30.9 Å². The fourth-order valence-corrected chi connectivity index (χ4v) is 4.30. The number of esters is 2. The Hall–Kier alpha value is -3.38. The van der Waals surface area contributed by atoms with Crippen molar-refractivity contribution in [3.63, 3.8) is 0 Å². The molecular formula is C28H32N2O4. The van der Waals surface area contributed by atoms with Crippen molar-refractivity contribution in [2.75, 3.05) is 26.3 Å². The zero-order valence-corrected chi connectivity index (χ0v) is 19.6. The molecular weight excluding hydrogens is 428 g/mol. The fraction of sp³-hybridized carbons (Fsp3) is 0.357. The third-order valence-electron chi connectivity index (χ3n) is 6.13. The normalized spacial score (nSPS) is 16.0. The van der Waals surface area contributed by atoms with Gasteiger partial charge in [-0.05, 0) is 47.7 Å². The summed E-state index contributed by atoms with van der Waals surface area (Å²) in [6, 6.07) is 15.5. The minimum absolute atomic E-state index is 0.132. The highest BCUT2D eigenvalue weighted by Gasteiger charge is 2.18. The van der Waals surface area contributed by atoms with Gasteiger partial charge in [0.1, 0.15) is 6.61 Å². The van der Waals surface area contributed by atoms with Crippen LogP contribution in [0, 0.1) is 5.92 Å². The summed E-state index contributed by atoms with van der Waals surface area (Å²) >= 11 is 0. The van der Waals surface area contributed by atoms with E-state index in [1.165, 1.54) is 5.56 Å². The average Bonchev–Trinajstić information content (AvgIpc) is 3.11. The molecule has 6 heteroatoms. The van der Waals surface area contributed by atoms with Crippen LogP contribution < -0.4 is 5.32 Å². The smallest absolute Gasteiger partial charge is 0.338 e. The Morgan fingerprint density at radius 1 is 1.06 bits per heavy atom. The molecule has 1 unspecified atom stereocenters. The molecule has 0 fully saturated rings. The highest BCUT2D eigenvalue weighted by atomic mass is 16.5. The summed E-state index contributed by atoms with van der Waals surface area (Å²) in [6.45, 7) is 4.16. The van der Waals surface area contributed by atoms with E-state index in [1.807, 2.05) is 54.7 Å². The van der Waals surface area contributed by atoms with Crippen LogP contribution in [0.3, 0.4) is 0 Å². The Kier molecular flexibility index (Phi) is 8.15. The van der Waals surface area contributed by atoms with E-state index in [9.17, 15) is 9.59 Å². The molecule has 0 aliphatic carbocycles. The second-order valence-corrected chi connectivity index (χ2v) is 8.83. The highest BCUT2D eigenvalue weighted by Crippen LogP contribution is 2.20. The first-order valence-electron chi connectivity index (χ1n) is 12.0. The summed E-state index contributed by atoms with van der Waals surface area (Å²) in [6.07, 6.45) is 6.96. The molecule has 1 atom stereocenters. The maximum atomic E-state index is 12.5. The first kappa shape index (κ1) is 23.8. The zero-order valence-electron chi connectivity index (χ0n) is 19.6. The first-order chi connectivity index (χ1) is 16.6. The van der Waals surface area contributed by atoms with Gasteiger partial charge in [-0.3, -0.25) is 4.79 Å². The van der Waals surface area contributed by atoms with Crippen molar-refractivity contribution >= 4 is 22.8 Å². The second kappa shape index (κ2) is 11.7. The minimum atomic E-state index is -0.317. The molecule has 4 rings (SSSR count). The van der Waals surface area contributed by atoms with E-state index in [0.717, 1.165) is 47.8 Å². The lowest BCUT2D eigenvalue weighted by Crippen LogP contribution is -2.26. The van der Waals surface area contributed by atoms with Crippen LogP contribution in [0.25, 0.3) is 10.9 Å². The Balaban J connectivity index is 1.24. The summed E-state index contributed by atoms with van der Waals surface area (Å²) in [7, 11) is 0. The van der Waals surface area contributed by atoms with Crippen molar-refractivity contribution in [2.24, 2.45) is 5.92 Å². The van der Waals surface area contributed by atoms with E-state index in [0.29, 0.717) is 18.7 Å². The van der Waals surface area contributed by atoms with Gasteiger partial charge in [0.25, 0.3) is 0 Å². The van der Waals surface area contributed by atoms with Gasteiger partial charge in [-0.15, -0.1) is 0 Å². The lowest BCUT2D eigenvalue weighted by molar-refractivity contribution is -0.144. The molecule has 3 aromatic rings. The minimum Gasteiger partial charge on any atom is -0.465 e. The average molecular weight is 461 g/mol. The molecule has 0 radical (unpaired) electrons. The zero-order chi connectivity index (χ0) is 23.8. The van der Waals surface area contributed by atoms with Gasteiger partial charge in [-0.1, -0.05) is 49.8 Å². The molecule has 2 heterocycles. The monoisotopic (exact) mass is 460 g/mol. The van der Waals surface area contributed by atoms with Crippen LogP contribution in [0.15, 0.2) is 66.4 Å². The summed E-state index contributed by atoms with van der Waals surface area (Å²) in [5.41, 5.74) is 4.78. The number of rotatable bonds is 9. The van der Waals surface area contributed by atoms with Gasteiger partial charge in [0.2, 0.25) is 0 Å². The van der Waals surface area contributed by atoms with Crippen molar-refractivity contribution in [3.05, 3.63) is 83.1 Å². The van der Waals surface area contributed by atoms with Crippen LogP contribution in [0.1, 0.15) is 41.3 Å². The molecule has 1 aliphatic heterocycles. The second-order valence-electron chi connectivity index (χ2n) is 8.83. The number of H-pyrrole nitrogens is 1. The summed E-state index contributed by atoms with van der Waals surface area (Å²) in [4.78, 5) is 28.1. The summed E-state index contributed by atoms with van der Waals surface area (Å²) < 4.78 is 11.2. The molecule has 0 spiro atoms. The molecule has 0 amide bonds. The SMILES string of the molecule is CCCc1ccc(C(=O)OCC2=CCNCC(COC(=O)Cc3c[nH]c4ccccc34)C2)cc1. The van der Waals surface area contributed by atoms with Crippen LogP contribution in [0.4, 0.5) is 0 Å². The lowest BCUT2D eigenvalue weighted by atomic mass is 10.0. The standard InChI is InChI=1S/C28H32N2O4/c1-2-5-20-8-10-23(11-9-20)28(32)34-18-21-12-13-29-16-22(14-21)19-33-27(31)15-24-17-30-26-7-4-3-6-25(24)26/h3-4,6-12,17,22,29-30H,2,5,13-16,18-19H2,1H3. The van der Waals surface area contributed by atoms with Crippen molar-refractivity contribution in [2.45, 2.75) is 32.6 Å². The van der Waals surface area contributed by atoms with E-state index in [4.69, 9.17) is 9.47 Å². The number of benzene rings is 2. The molecule has 34 heavy (non-hydrogen) atoms. The van der Waals surface area contributed by atoms with Crippen LogP contribution in [0.5, 0.6) is 0 Å². The predicted molar refractivity (Wildman–Crippen MR) is 133 cm³/mol. The van der Waals surface area contributed by atoms with E-state index in [2.05, 4.69) is 23.3 Å². The number of aromatic nitrogens is 1. The third kappa shape index (κ3) is 6.35. The van der Waals surface area contributed by atoms with Gasteiger partial charge in [-0.25, -0.2) is 4.79 Å². The third-order valence-corrected chi connectivity index (χ3v) is 6.13. The number of aromatic amines is 1. The van der Waals surface area contributed by atoms with E-state index < -0.39 is 0 Å². The Labute approximate surface area is 200 Å². The van der Waals surface area contributed by atoms with Gasteiger partial charge in [0.05, 0.1) is 18.6 Å². The number of hydrogen-bond acceptors (Lipinski definition) is 5. The molecule has 0 saturated carbocycles. The number of hydrogen-bond donors (Lipinski definition) is 2. The fourth-order valence-electron chi connectivity index (χ4n) is 4.30. The van der Waals surface area contributed by atoms with Gasteiger partial charge in [0, 0.05) is 36.1 Å². The van der Waals surface area contributed by atoms with Crippen LogP contribution in [-0.4, -0.2) is 43.2 Å². The molecule has 2 aromatic carbocycles. The number of nitrogens with one attached hydrogen (secondary N) is 2. The van der Waals surface area contributed by atoms with Gasteiger partial charge in [-0.2, -0.15) is 0 Å². The van der Waals surface area contributed by atoms with Crippen LogP contribution in [0.2, 0.25) is 0 Å². The number of ether oxygens (including phenoxy) is 2. The molecule has 178 valence electrons. The molecule has 6 nitrogen and oxygen atoms in total. The van der Waals surface area contributed by atoms with Crippen LogP contribution in [-0.2, 0) is 27.1 Å². The lowest BCUT2D eigenvalue weighted by Gasteiger charge is -2.17. The van der Waals surface area contributed by atoms with Crippen molar-refractivity contribution in [3.8, 4) is 0 Å². The largest absolute Gasteiger partial charge is 0.465 e. The van der Waals surface area contributed by atoms with E-state index >= 15 is 0 Å². The summed E-state index contributed by atoms with van der Waals surface area (Å²) in [5, 5.41) is 4.39. The number of aryl methyl sites for hydroxylation is 1. The number of carbonyl (C=O) groups is 2. The molecule has 0 bridgehead atoms. The highest BCUT2D eigenvalue weighted by molar-refractivity contribution is 5.89. The maximum absolute atomic E-state index is 12.5. The topological polar surface area (TPSA) is 80.4 Å². The van der Waals surface area contributed by atoms with Crippen molar-refractivity contribution in [1.82, 2.24) is 10.3 Å². The van der Waals surface area contributed by atoms with E-state index in [1.54, 1.807) is 0 Å².